The first-order valence-electron chi connectivity index (χ1n) is 13.9. The van der Waals surface area contributed by atoms with E-state index in [0.29, 0.717) is 44.2 Å². The number of rotatable bonds is 10. The molecule has 1 fully saturated rings. The molecule has 5 rings (SSSR count). The summed E-state index contributed by atoms with van der Waals surface area (Å²) in [7, 11) is -4.03. The highest BCUT2D eigenvalue weighted by Gasteiger charge is 2.33. The number of carbonyl (C=O) groups is 1. The van der Waals surface area contributed by atoms with Crippen LogP contribution in [0.5, 0.6) is 5.75 Å². The minimum absolute atomic E-state index is 0.0719. The molecule has 41 heavy (non-hydrogen) atoms. The van der Waals surface area contributed by atoms with Crippen LogP contribution in [0.2, 0.25) is 0 Å². The van der Waals surface area contributed by atoms with Gasteiger partial charge in [-0.05, 0) is 42.3 Å². The van der Waals surface area contributed by atoms with Gasteiger partial charge in [0.15, 0.2) is 0 Å². The molecular weight excluding hydrogens is 534 g/mol. The van der Waals surface area contributed by atoms with Crippen molar-refractivity contribution in [1.29, 1.82) is 0 Å². The van der Waals surface area contributed by atoms with E-state index in [1.165, 1.54) is 15.4 Å². The van der Waals surface area contributed by atoms with Gasteiger partial charge < -0.3 is 9.64 Å². The molecule has 0 radical (unpaired) electrons. The quantitative estimate of drug-likeness (QED) is 0.262. The average molecular weight is 570 g/mol. The van der Waals surface area contributed by atoms with Crippen LogP contribution in [0.4, 0.5) is 5.69 Å². The fraction of sp³-hybridized carbons (Fsp3) is 0.242. The van der Waals surface area contributed by atoms with Crippen molar-refractivity contribution in [2.24, 2.45) is 0 Å². The molecule has 0 N–H and O–H groups in total. The number of carbonyl (C=O) groups excluding carboxylic acids is 1. The van der Waals surface area contributed by atoms with Crippen molar-refractivity contribution in [3.63, 3.8) is 0 Å². The Labute approximate surface area is 242 Å². The summed E-state index contributed by atoms with van der Waals surface area (Å²) in [5, 5.41) is 0. The number of nitrogens with zero attached hydrogens (tertiary/aromatic N) is 3. The smallest absolute Gasteiger partial charge is 0.264 e. The fourth-order valence-corrected chi connectivity index (χ4v) is 6.74. The third kappa shape index (κ3) is 6.45. The van der Waals surface area contributed by atoms with E-state index in [-0.39, 0.29) is 23.4 Å². The third-order valence-corrected chi connectivity index (χ3v) is 9.08. The summed E-state index contributed by atoms with van der Waals surface area (Å²) in [5.41, 5.74) is 2.75. The molecule has 4 aromatic rings. The zero-order valence-electron chi connectivity index (χ0n) is 23.2. The summed E-state index contributed by atoms with van der Waals surface area (Å²) in [5.74, 6) is 0.173. The fourth-order valence-electron chi connectivity index (χ4n) is 5.30. The van der Waals surface area contributed by atoms with Gasteiger partial charge in [0.25, 0.3) is 10.0 Å². The van der Waals surface area contributed by atoms with Gasteiger partial charge >= 0.3 is 0 Å². The number of anilines is 1. The van der Waals surface area contributed by atoms with Gasteiger partial charge in [0.1, 0.15) is 12.3 Å². The molecule has 0 atom stereocenters. The van der Waals surface area contributed by atoms with Crippen LogP contribution in [-0.2, 0) is 14.8 Å². The van der Waals surface area contributed by atoms with Crippen LogP contribution in [0, 0.1) is 0 Å². The summed E-state index contributed by atoms with van der Waals surface area (Å²) < 4.78 is 34.7. The predicted octanol–water partition coefficient (Wildman–Crippen LogP) is 5.21. The Bertz CT molecular complexity index is 1490. The van der Waals surface area contributed by atoms with Crippen molar-refractivity contribution in [3.8, 4) is 5.75 Å². The van der Waals surface area contributed by atoms with E-state index in [1.54, 1.807) is 59.5 Å². The minimum atomic E-state index is -4.03. The number of hydrogen-bond donors (Lipinski definition) is 0. The van der Waals surface area contributed by atoms with Gasteiger partial charge in [-0.3, -0.25) is 14.0 Å². The van der Waals surface area contributed by atoms with Crippen molar-refractivity contribution < 1.29 is 17.9 Å². The Kier molecular flexibility index (Phi) is 9.01. The lowest BCUT2D eigenvalue weighted by atomic mass is 9.96. The van der Waals surface area contributed by atoms with Gasteiger partial charge in [-0.1, -0.05) is 91.0 Å². The maximum Gasteiger partial charge on any atom is 0.264 e. The van der Waals surface area contributed by atoms with E-state index in [0.717, 1.165) is 0 Å². The first-order valence-corrected chi connectivity index (χ1v) is 15.3. The topological polar surface area (TPSA) is 70.2 Å². The summed E-state index contributed by atoms with van der Waals surface area (Å²) in [6.45, 7) is 4.23. The van der Waals surface area contributed by atoms with Gasteiger partial charge in [0.2, 0.25) is 5.91 Å². The first-order chi connectivity index (χ1) is 20.0. The molecule has 1 amide bonds. The summed E-state index contributed by atoms with van der Waals surface area (Å²) >= 11 is 0. The Morgan fingerprint density at radius 1 is 0.756 bits per heavy atom. The highest BCUT2D eigenvalue weighted by atomic mass is 32.2. The summed E-state index contributed by atoms with van der Waals surface area (Å²) in [6, 6.07) is 36.0. The molecule has 1 saturated heterocycles. The van der Waals surface area contributed by atoms with Crippen molar-refractivity contribution in [2.45, 2.75) is 17.9 Å². The molecule has 0 spiro atoms. The van der Waals surface area contributed by atoms with Gasteiger partial charge in [0, 0.05) is 26.2 Å². The Morgan fingerprint density at radius 2 is 1.27 bits per heavy atom. The highest BCUT2D eigenvalue weighted by Crippen LogP contribution is 2.33. The standard InChI is InChI=1S/C33H35N3O4S/c1-2-40-31-21-13-12-20-30(31)36(41(38,39)29-18-10-5-11-19-29)26-32(37)34-22-24-35(25-23-34)33(27-14-6-3-7-15-27)28-16-8-4-9-17-28/h3-21,33H,2,22-26H2,1H3. The summed E-state index contributed by atoms with van der Waals surface area (Å²) in [4.78, 5) is 18.0. The molecule has 1 aliphatic heterocycles. The molecular formula is C33H35N3O4S. The number of amides is 1. The normalized spacial score (nSPS) is 14.1. The number of benzene rings is 4. The maximum atomic E-state index is 13.9. The molecule has 7 nitrogen and oxygen atoms in total. The van der Waals surface area contributed by atoms with Crippen LogP contribution < -0.4 is 9.04 Å². The average Bonchev–Trinajstić information content (AvgIpc) is 3.02. The zero-order chi connectivity index (χ0) is 28.7. The number of hydrogen-bond acceptors (Lipinski definition) is 5. The molecule has 0 saturated carbocycles. The SMILES string of the molecule is CCOc1ccccc1N(CC(=O)N1CCN(C(c2ccccc2)c2ccccc2)CC1)S(=O)(=O)c1ccccc1. The largest absolute Gasteiger partial charge is 0.492 e. The number of ether oxygens (including phenoxy) is 1. The Balaban J connectivity index is 1.37. The third-order valence-electron chi connectivity index (χ3n) is 7.31. The Hall–Kier alpha value is -4.14. The monoisotopic (exact) mass is 569 g/mol. The molecule has 4 aromatic carbocycles. The predicted molar refractivity (Wildman–Crippen MR) is 161 cm³/mol. The van der Waals surface area contributed by atoms with Gasteiger partial charge in [-0.15, -0.1) is 0 Å². The van der Waals surface area contributed by atoms with Crippen molar-refractivity contribution in [2.75, 3.05) is 43.6 Å². The molecule has 8 heteroatoms. The van der Waals surface area contributed by atoms with Crippen molar-refractivity contribution in [1.82, 2.24) is 9.80 Å². The first kappa shape index (κ1) is 28.4. The van der Waals surface area contributed by atoms with E-state index in [9.17, 15) is 13.2 Å². The molecule has 0 aromatic heterocycles. The van der Waals surface area contributed by atoms with Crippen LogP contribution in [0.1, 0.15) is 24.1 Å². The van der Waals surface area contributed by atoms with Crippen LogP contribution in [0.3, 0.4) is 0 Å². The van der Waals surface area contributed by atoms with Crippen LogP contribution in [-0.4, -0.2) is 63.5 Å². The molecule has 212 valence electrons. The van der Waals surface area contributed by atoms with Crippen LogP contribution in [0.15, 0.2) is 120 Å². The van der Waals surface area contributed by atoms with Crippen molar-refractivity contribution in [3.05, 3.63) is 126 Å². The number of para-hydroxylation sites is 2. The van der Waals surface area contributed by atoms with E-state index >= 15 is 0 Å². The molecule has 0 aliphatic carbocycles. The lowest BCUT2D eigenvalue weighted by molar-refractivity contribution is -0.131. The maximum absolute atomic E-state index is 13.9. The molecule has 0 unspecified atom stereocenters. The second-order valence-corrected chi connectivity index (χ2v) is 11.7. The number of piperazine rings is 1. The lowest BCUT2D eigenvalue weighted by Gasteiger charge is -2.40. The Morgan fingerprint density at radius 3 is 1.83 bits per heavy atom. The second-order valence-electron chi connectivity index (χ2n) is 9.87. The molecule has 1 heterocycles. The van der Waals surface area contributed by atoms with Gasteiger partial charge in [-0.2, -0.15) is 0 Å². The summed E-state index contributed by atoms with van der Waals surface area (Å²) in [6.07, 6.45) is 0. The van der Waals surface area contributed by atoms with Crippen LogP contribution >= 0.6 is 0 Å². The number of sulfonamides is 1. The van der Waals surface area contributed by atoms with E-state index in [4.69, 9.17) is 4.74 Å². The minimum Gasteiger partial charge on any atom is -0.492 e. The van der Waals surface area contributed by atoms with Crippen LogP contribution in [0.25, 0.3) is 0 Å². The lowest BCUT2D eigenvalue weighted by Crippen LogP contribution is -2.52. The van der Waals surface area contributed by atoms with E-state index in [1.807, 2.05) is 43.3 Å². The van der Waals surface area contributed by atoms with Crippen molar-refractivity contribution >= 4 is 21.6 Å². The van der Waals surface area contributed by atoms with Gasteiger partial charge in [-0.25, -0.2) is 8.42 Å². The highest BCUT2D eigenvalue weighted by molar-refractivity contribution is 7.92. The van der Waals surface area contributed by atoms with E-state index in [2.05, 4.69) is 29.2 Å². The molecule has 0 bridgehead atoms. The van der Waals surface area contributed by atoms with Gasteiger partial charge in [0.05, 0.1) is 23.2 Å². The second kappa shape index (κ2) is 13.0. The zero-order valence-corrected chi connectivity index (χ0v) is 24.0. The molecule has 1 aliphatic rings. The van der Waals surface area contributed by atoms with E-state index < -0.39 is 10.0 Å².